The van der Waals surface area contributed by atoms with Gasteiger partial charge in [-0.05, 0) is 44.0 Å². The van der Waals surface area contributed by atoms with Gasteiger partial charge in [0.15, 0.2) is 0 Å². The zero-order chi connectivity index (χ0) is 26.0. The van der Waals surface area contributed by atoms with Crippen LogP contribution in [-0.4, -0.2) is 65.9 Å². The number of carbonyl (C=O) groups excluding carboxylic acids is 3. The molecule has 2 aromatic rings. The maximum atomic E-state index is 13.1. The maximum absolute atomic E-state index is 13.1. The Kier molecular flexibility index (Phi) is 7.80. The molecule has 1 saturated heterocycles. The van der Waals surface area contributed by atoms with Crippen molar-refractivity contribution < 1.29 is 14.4 Å². The van der Waals surface area contributed by atoms with Crippen LogP contribution >= 0.6 is 11.6 Å². The number of amides is 4. The zero-order valence-corrected chi connectivity index (χ0v) is 21.8. The summed E-state index contributed by atoms with van der Waals surface area (Å²) >= 11 is 6.07. The predicted molar refractivity (Wildman–Crippen MR) is 141 cm³/mol. The third-order valence-corrected chi connectivity index (χ3v) is 6.42. The number of halogens is 1. The second-order valence-corrected chi connectivity index (χ2v) is 9.08. The highest BCUT2D eigenvalue weighted by Gasteiger charge is 2.30. The number of aromatic nitrogens is 1. The Hall–Kier alpha value is -3.46. The largest absolute Gasteiger partial charge is 0.398 e. The number of urea groups is 1. The molecule has 1 fully saturated rings. The average molecular weight is 501 g/mol. The van der Waals surface area contributed by atoms with Gasteiger partial charge in [-0.2, -0.15) is 0 Å². The van der Waals surface area contributed by atoms with E-state index in [1.165, 1.54) is 4.90 Å². The van der Waals surface area contributed by atoms with E-state index in [9.17, 15) is 14.4 Å². The van der Waals surface area contributed by atoms with Crippen LogP contribution in [0.15, 0.2) is 12.1 Å². The Morgan fingerprint density at radius 1 is 1.26 bits per heavy atom. The Balaban J connectivity index is 0.00000167. The number of hydrogen-bond donors (Lipinski definition) is 4. The van der Waals surface area contributed by atoms with Gasteiger partial charge < -0.3 is 31.2 Å². The minimum absolute atomic E-state index is 0.0632. The van der Waals surface area contributed by atoms with Crippen LogP contribution in [0.2, 0.25) is 5.02 Å². The molecule has 5 N–H and O–H groups in total. The van der Waals surface area contributed by atoms with Gasteiger partial charge in [0.05, 0.1) is 27.5 Å². The monoisotopic (exact) mass is 500 g/mol. The van der Waals surface area contributed by atoms with E-state index in [0.29, 0.717) is 64.0 Å². The minimum atomic E-state index is -0.263. The summed E-state index contributed by atoms with van der Waals surface area (Å²) in [5, 5.41) is 6.21. The Morgan fingerprint density at radius 2 is 1.94 bits per heavy atom. The molecule has 188 valence electrons. The van der Waals surface area contributed by atoms with E-state index in [4.69, 9.17) is 17.3 Å². The lowest BCUT2D eigenvalue weighted by Crippen LogP contribution is -2.41. The number of carbonyl (C=O) groups is 3. The number of likely N-dealkylation sites (tertiary alicyclic amines) is 1. The van der Waals surface area contributed by atoms with Crippen LogP contribution in [0, 0.1) is 13.8 Å². The molecule has 2 aliphatic heterocycles. The summed E-state index contributed by atoms with van der Waals surface area (Å²) in [6.45, 7) is 8.74. The van der Waals surface area contributed by atoms with Gasteiger partial charge in [0.2, 0.25) is 0 Å². The number of benzene rings is 1. The molecular weight excluding hydrogens is 468 g/mol. The number of rotatable bonds is 3. The number of nitrogens with two attached hydrogens (primary N) is 1. The third-order valence-electron chi connectivity index (χ3n) is 6.09. The lowest BCUT2D eigenvalue weighted by atomic mass is 10.0. The first kappa shape index (κ1) is 26.2. The van der Waals surface area contributed by atoms with E-state index in [1.54, 1.807) is 37.2 Å². The molecule has 35 heavy (non-hydrogen) atoms. The molecule has 3 heterocycles. The number of aromatic amines is 1. The van der Waals surface area contributed by atoms with E-state index in [-0.39, 0.29) is 23.9 Å². The third kappa shape index (κ3) is 5.14. The van der Waals surface area contributed by atoms with Gasteiger partial charge in [-0.25, -0.2) is 4.79 Å². The van der Waals surface area contributed by atoms with Gasteiger partial charge in [0.1, 0.15) is 0 Å². The van der Waals surface area contributed by atoms with Crippen molar-refractivity contribution in [2.75, 3.05) is 38.2 Å². The zero-order valence-electron chi connectivity index (χ0n) is 21.0. The van der Waals surface area contributed by atoms with Crippen molar-refractivity contribution in [3.8, 4) is 0 Å². The number of hydrogen-bond acceptors (Lipinski definition) is 4. The van der Waals surface area contributed by atoms with Crippen molar-refractivity contribution in [3.63, 3.8) is 0 Å². The van der Waals surface area contributed by atoms with E-state index in [2.05, 4.69) is 15.6 Å². The number of nitrogens with zero attached hydrogens (tertiary/aromatic N) is 2. The van der Waals surface area contributed by atoms with Crippen LogP contribution in [0.5, 0.6) is 0 Å². The highest BCUT2D eigenvalue weighted by atomic mass is 35.5. The smallest absolute Gasteiger partial charge is 0.319 e. The fraction of sp³-hybridized carbons (Fsp3) is 0.400. The molecule has 1 atom stereocenters. The molecule has 0 aliphatic carbocycles. The number of nitrogen functional groups attached to an aromatic ring is 1. The van der Waals surface area contributed by atoms with Gasteiger partial charge in [0.25, 0.3) is 11.8 Å². The second kappa shape index (κ2) is 10.4. The summed E-state index contributed by atoms with van der Waals surface area (Å²) in [4.78, 5) is 44.3. The fourth-order valence-electron chi connectivity index (χ4n) is 4.37. The first-order valence-electron chi connectivity index (χ1n) is 11.7. The number of aryl methyl sites for hydroxylation is 1. The standard InChI is InChI=1S/C23H27ClN6O3.C2H6/c1-11-18(8-15-14-7-17(25)16(24)9-19(14)28-21(15)31)26-12(2)20(11)22(32)27-13-5-6-30(10-13)23(33)29(3)4;1-2/h7-9,13,26H,5-6,10,25H2,1-4H3,(H,27,32)(H,28,31);1-2H3/b15-8-;. The van der Waals surface area contributed by atoms with Crippen molar-refractivity contribution >= 4 is 52.5 Å². The summed E-state index contributed by atoms with van der Waals surface area (Å²) in [6, 6.07) is 3.12. The quantitative estimate of drug-likeness (QED) is 0.377. The molecule has 0 radical (unpaired) electrons. The Labute approximate surface area is 210 Å². The molecular formula is C25H33ClN6O3. The fourth-order valence-corrected chi connectivity index (χ4v) is 4.53. The minimum Gasteiger partial charge on any atom is -0.398 e. The number of fused-ring (bicyclic) bond motifs is 1. The normalized spacial score (nSPS) is 17.6. The molecule has 1 aromatic heterocycles. The molecule has 4 amide bonds. The highest BCUT2D eigenvalue weighted by molar-refractivity contribution is 6.38. The SMILES string of the molecule is CC.Cc1[nH]c(/C=C2\C(=O)Nc3cc(Cl)c(N)cc32)c(C)c1C(=O)NC1CCN(C(=O)N(C)C)C1. The van der Waals surface area contributed by atoms with Crippen LogP contribution in [0.3, 0.4) is 0 Å². The summed E-state index contributed by atoms with van der Waals surface area (Å²) in [6.07, 6.45) is 2.42. The van der Waals surface area contributed by atoms with Crippen LogP contribution in [0.1, 0.15) is 53.1 Å². The van der Waals surface area contributed by atoms with E-state index >= 15 is 0 Å². The van der Waals surface area contributed by atoms with Crippen molar-refractivity contribution in [1.82, 2.24) is 20.1 Å². The Morgan fingerprint density at radius 3 is 2.60 bits per heavy atom. The van der Waals surface area contributed by atoms with Crippen LogP contribution < -0.4 is 16.4 Å². The van der Waals surface area contributed by atoms with E-state index < -0.39 is 0 Å². The van der Waals surface area contributed by atoms with Crippen LogP contribution in [0.4, 0.5) is 16.2 Å². The molecule has 0 spiro atoms. The van der Waals surface area contributed by atoms with Crippen LogP contribution in [-0.2, 0) is 4.79 Å². The maximum Gasteiger partial charge on any atom is 0.319 e. The molecule has 1 unspecified atom stereocenters. The lowest BCUT2D eigenvalue weighted by Gasteiger charge is -2.21. The molecule has 4 rings (SSSR count). The number of H-pyrrole nitrogens is 1. The first-order valence-corrected chi connectivity index (χ1v) is 12.0. The second-order valence-electron chi connectivity index (χ2n) is 8.68. The van der Waals surface area contributed by atoms with Crippen LogP contribution in [0.25, 0.3) is 11.6 Å². The summed E-state index contributed by atoms with van der Waals surface area (Å²) < 4.78 is 0. The molecule has 10 heteroatoms. The van der Waals surface area contributed by atoms with Gasteiger partial charge in [-0.15, -0.1) is 0 Å². The molecule has 1 aromatic carbocycles. The molecule has 0 saturated carbocycles. The van der Waals surface area contributed by atoms with Crippen molar-refractivity contribution in [1.29, 1.82) is 0 Å². The van der Waals surface area contributed by atoms with Gasteiger partial charge >= 0.3 is 6.03 Å². The van der Waals surface area contributed by atoms with E-state index in [0.717, 1.165) is 5.56 Å². The van der Waals surface area contributed by atoms with Gasteiger partial charge in [-0.3, -0.25) is 9.59 Å². The van der Waals surface area contributed by atoms with Crippen molar-refractivity contribution in [2.24, 2.45) is 0 Å². The van der Waals surface area contributed by atoms with Crippen molar-refractivity contribution in [3.05, 3.63) is 45.2 Å². The summed E-state index contributed by atoms with van der Waals surface area (Å²) in [5.74, 6) is -0.469. The summed E-state index contributed by atoms with van der Waals surface area (Å²) in [7, 11) is 3.42. The predicted octanol–water partition coefficient (Wildman–Crippen LogP) is 3.87. The van der Waals surface area contributed by atoms with Gasteiger partial charge in [0, 0.05) is 50.2 Å². The Bertz CT molecular complexity index is 1200. The van der Waals surface area contributed by atoms with E-state index in [1.807, 2.05) is 27.7 Å². The molecule has 9 nitrogen and oxygen atoms in total. The van der Waals surface area contributed by atoms with Crippen molar-refractivity contribution in [2.45, 2.75) is 40.2 Å². The number of nitrogens with one attached hydrogen (secondary N) is 3. The average Bonchev–Trinajstić information content (AvgIpc) is 3.46. The number of anilines is 2. The molecule has 2 aliphatic rings. The molecule has 0 bridgehead atoms. The topological polar surface area (TPSA) is 124 Å². The first-order chi connectivity index (χ1) is 16.6. The van der Waals surface area contributed by atoms with Gasteiger partial charge in [-0.1, -0.05) is 25.4 Å². The lowest BCUT2D eigenvalue weighted by molar-refractivity contribution is -0.110. The summed E-state index contributed by atoms with van der Waals surface area (Å²) in [5.41, 5.74) is 10.7. The highest BCUT2D eigenvalue weighted by Crippen LogP contribution is 2.38.